The minimum atomic E-state index is -3.89. The van der Waals surface area contributed by atoms with Crippen molar-refractivity contribution in [1.29, 1.82) is 0 Å². The molecule has 0 spiro atoms. The molecular formula is C21H29Cl2NO3S2. The van der Waals surface area contributed by atoms with Crippen LogP contribution in [0.3, 0.4) is 0 Å². The van der Waals surface area contributed by atoms with Crippen molar-refractivity contribution in [3.05, 3.63) is 52.0 Å². The fraction of sp³-hybridized carbons (Fsp3) is 0.524. The average molecular weight is 479 g/mol. The Morgan fingerprint density at radius 2 is 1.97 bits per heavy atom. The Labute approximate surface area is 189 Å². The Hall–Kier alpha value is -0.660. The van der Waals surface area contributed by atoms with Crippen LogP contribution in [0.25, 0.3) is 0 Å². The number of halogens is 2. The maximum absolute atomic E-state index is 14.2. The zero-order valence-electron chi connectivity index (χ0n) is 17.2. The number of anilines is 1. The molecule has 0 aliphatic heterocycles. The summed E-state index contributed by atoms with van der Waals surface area (Å²) in [6.45, 7) is 7.61. The van der Waals surface area contributed by atoms with E-state index >= 15 is 0 Å². The molecule has 1 aliphatic carbocycles. The molecule has 1 N–H and O–H groups in total. The van der Waals surface area contributed by atoms with Gasteiger partial charge in [0.1, 0.15) is 4.75 Å². The van der Waals surface area contributed by atoms with Gasteiger partial charge in [-0.2, -0.15) is 0 Å². The number of hydrogen-bond acceptors (Lipinski definition) is 4. The van der Waals surface area contributed by atoms with E-state index in [4.69, 9.17) is 23.2 Å². The molecule has 0 saturated heterocycles. The molecule has 0 saturated carbocycles. The van der Waals surface area contributed by atoms with E-state index in [-0.39, 0.29) is 17.8 Å². The number of hydrogen-bond donors (Lipinski definition) is 1. The van der Waals surface area contributed by atoms with Crippen LogP contribution in [-0.2, 0) is 16.6 Å². The summed E-state index contributed by atoms with van der Waals surface area (Å²) in [5.74, 6) is -0.123. The van der Waals surface area contributed by atoms with Crippen molar-refractivity contribution in [1.82, 2.24) is 0 Å². The van der Waals surface area contributed by atoms with Crippen LogP contribution in [0.2, 0.25) is 5.02 Å². The normalized spacial score (nSPS) is 20.6. The number of rotatable bonds is 9. The molecule has 8 heteroatoms. The predicted octanol–water partition coefficient (Wildman–Crippen LogP) is 6.28. The Balaban J connectivity index is 2.70. The molecule has 1 aromatic rings. The van der Waals surface area contributed by atoms with Crippen molar-refractivity contribution < 1.29 is 13.5 Å². The van der Waals surface area contributed by atoms with Crippen LogP contribution in [0, 0.1) is 5.92 Å². The van der Waals surface area contributed by atoms with Gasteiger partial charge in [-0.1, -0.05) is 75.5 Å². The van der Waals surface area contributed by atoms with E-state index in [1.807, 2.05) is 27.7 Å². The monoisotopic (exact) mass is 477 g/mol. The topological polar surface area (TPSA) is 57.6 Å². The zero-order valence-corrected chi connectivity index (χ0v) is 20.4. The molecule has 0 amide bonds. The molecule has 2 rings (SSSR count). The van der Waals surface area contributed by atoms with Gasteiger partial charge in [0.2, 0.25) is 0 Å². The predicted molar refractivity (Wildman–Crippen MR) is 126 cm³/mol. The summed E-state index contributed by atoms with van der Waals surface area (Å²) >= 11 is 13.6. The lowest BCUT2D eigenvalue weighted by Gasteiger charge is -2.41. The van der Waals surface area contributed by atoms with Crippen molar-refractivity contribution in [3.8, 4) is 0 Å². The SMILES string of the molecule is CCC[C@@H](C)C1(S(=O)(=O)N(SC(C)C)c2cc(Cl)ccc2CO)C=CC(Cl)=CC1. The van der Waals surface area contributed by atoms with Crippen LogP contribution in [-0.4, -0.2) is 23.5 Å². The van der Waals surface area contributed by atoms with Crippen LogP contribution in [0.4, 0.5) is 5.69 Å². The van der Waals surface area contributed by atoms with Gasteiger partial charge in [-0.25, -0.2) is 12.1 Å². The molecule has 0 aromatic heterocycles. The van der Waals surface area contributed by atoms with Gasteiger partial charge < -0.3 is 5.11 Å². The summed E-state index contributed by atoms with van der Waals surface area (Å²) < 4.78 is 28.6. The first kappa shape index (κ1) is 24.6. The summed E-state index contributed by atoms with van der Waals surface area (Å²) in [5, 5.41) is 10.8. The van der Waals surface area contributed by atoms with E-state index < -0.39 is 14.8 Å². The maximum Gasteiger partial charge on any atom is 0.254 e. The van der Waals surface area contributed by atoms with Crippen LogP contribution in [0.1, 0.15) is 52.5 Å². The molecule has 0 fully saturated rings. The first-order valence-electron chi connectivity index (χ1n) is 9.74. The largest absolute Gasteiger partial charge is 0.392 e. The Kier molecular flexibility index (Phi) is 8.57. The number of benzene rings is 1. The van der Waals surface area contributed by atoms with E-state index in [0.29, 0.717) is 27.7 Å². The first-order chi connectivity index (χ1) is 13.6. The molecular weight excluding hydrogens is 449 g/mol. The standard InChI is InChI=1S/C21H29Cl2NO3S2/c1-5-6-16(4)21(11-9-18(22)10-12-21)29(26,27)24(28-15(2)3)20-13-19(23)8-7-17(20)14-25/h7-11,13,15-16,25H,5-6,12,14H2,1-4H3/t16-,21?/m1/s1. The molecule has 1 aliphatic rings. The van der Waals surface area contributed by atoms with Gasteiger partial charge in [-0.3, -0.25) is 0 Å². The fourth-order valence-electron chi connectivity index (χ4n) is 3.53. The zero-order chi connectivity index (χ0) is 21.8. The van der Waals surface area contributed by atoms with Gasteiger partial charge in [-0.15, -0.1) is 0 Å². The lowest BCUT2D eigenvalue weighted by Crippen LogP contribution is -2.50. The van der Waals surface area contributed by atoms with Gasteiger partial charge >= 0.3 is 0 Å². The number of aliphatic hydroxyl groups excluding tert-OH is 1. The smallest absolute Gasteiger partial charge is 0.254 e. The molecule has 2 atom stereocenters. The van der Waals surface area contributed by atoms with E-state index in [9.17, 15) is 13.5 Å². The van der Waals surface area contributed by atoms with Gasteiger partial charge in [0.05, 0.1) is 12.3 Å². The third-order valence-electron chi connectivity index (χ3n) is 5.12. The summed E-state index contributed by atoms with van der Waals surface area (Å²) in [6.07, 6.45) is 7.13. The van der Waals surface area contributed by atoms with Gasteiger partial charge in [0.15, 0.2) is 0 Å². The van der Waals surface area contributed by atoms with Crippen molar-refractivity contribution in [3.63, 3.8) is 0 Å². The average Bonchev–Trinajstić information content (AvgIpc) is 2.66. The van der Waals surface area contributed by atoms with E-state index in [1.165, 1.54) is 15.7 Å². The van der Waals surface area contributed by atoms with Crippen molar-refractivity contribution in [2.24, 2.45) is 5.92 Å². The van der Waals surface area contributed by atoms with Gasteiger partial charge in [0, 0.05) is 20.9 Å². The third kappa shape index (κ3) is 5.16. The summed E-state index contributed by atoms with van der Waals surface area (Å²) in [4.78, 5) is 0. The summed E-state index contributed by atoms with van der Waals surface area (Å²) in [5.41, 5.74) is 0.911. The second kappa shape index (κ2) is 10.1. The highest BCUT2D eigenvalue weighted by atomic mass is 35.5. The van der Waals surface area contributed by atoms with Gasteiger partial charge in [0.25, 0.3) is 10.0 Å². The highest BCUT2D eigenvalue weighted by molar-refractivity contribution is 8.15. The second-order valence-corrected chi connectivity index (χ2v) is 12.3. The first-order valence-corrected chi connectivity index (χ1v) is 12.8. The minimum Gasteiger partial charge on any atom is -0.392 e. The Bertz CT molecular complexity index is 884. The minimum absolute atomic E-state index is 0.000492. The molecule has 4 nitrogen and oxygen atoms in total. The Morgan fingerprint density at radius 3 is 2.48 bits per heavy atom. The van der Waals surface area contributed by atoms with Crippen molar-refractivity contribution >= 4 is 50.9 Å². The third-order valence-corrected chi connectivity index (χ3v) is 9.59. The van der Waals surface area contributed by atoms with Crippen LogP contribution in [0.5, 0.6) is 0 Å². The highest BCUT2D eigenvalue weighted by Crippen LogP contribution is 2.46. The lowest BCUT2D eigenvalue weighted by molar-refractivity contribution is 0.282. The fourth-order valence-corrected chi connectivity index (χ4v) is 7.79. The van der Waals surface area contributed by atoms with E-state index in [2.05, 4.69) is 0 Å². The van der Waals surface area contributed by atoms with Crippen molar-refractivity contribution in [2.45, 2.75) is 63.6 Å². The highest BCUT2D eigenvalue weighted by Gasteiger charge is 2.50. The molecule has 0 heterocycles. The van der Waals surface area contributed by atoms with Crippen molar-refractivity contribution in [2.75, 3.05) is 3.71 Å². The lowest BCUT2D eigenvalue weighted by atomic mass is 9.84. The quantitative estimate of drug-likeness (QED) is 0.424. The number of nitrogens with zero attached hydrogens (tertiary/aromatic N) is 1. The molecule has 1 unspecified atom stereocenters. The van der Waals surface area contributed by atoms with E-state index in [0.717, 1.165) is 12.8 Å². The Morgan fingerprint density at radius 1 is 1.28 bits per heavy atom. The van der Waals surface area contributed by atoms with Crippen LogP contribution in [0.15, 0.2) is 41.5 Å². The number of allylic oxidation sites excluding steroid dienone is 3. The molecule has 0 bridgehead atoms. The summed E-state index contributed by atoms with van der Waals surface area (Å²) in [7, 11) is -3.89. The second-order valence-electron chi connectivity index (χ2n) is 7.59. The van der Waals surface area contributed by atoms with Gasteiger partial charge in [-0.05, 0) is 48.9 Å². The summed E-state index contributed by atoms with van der Waals surface area (Å²) in [6, 6.07) is 4.92. The van der Waals surface area contributed by atoms with Crippen LogP contribution >= 0.6 is 35.1 Å². The molecule has 162 valence electrons. The molecule has 0 radical (unpaired) electrons. The maximum atomic E-state index is 14.2. The van der Waals surface area contributed by atoms with E-state index in [1.54, 1.807) is 36.4 Å². The molecule has 1 aromatic carbocycles. The number of aliphatic hydroxyl groups is 1. The molecule has 29 heavy (non-hydrogen) atoms. The number of sulfonamides is 1. The van der Waals surface area contributed by atoms with Crippen LogP contribution < -0.4 is 3.71 Å².